The standard InChI is InChI=1S/C70H67F3N4O3/c1-44-31-63-59(45(2)36-67(5,6)77(63)56-25-29-57(78-8)30-26-56)35-51(44)17-18-53-41-66(3,4)40-52(64(53)79-58-27-23-54(24-28-58)68-37-46-32-47(38-68)34-48(33-46)39-68)15-12-16-61-60(42-74)65(62(43-75)76-7)80-69(61,70(71,72)73)55-21-19-50(20-22-55)49-13-10-9-11-14-49/h9-31,35,45-48H,32-34,36-41H2,1-6,8H3/b16-12+,18-17+,52-15+,65-62-. The van der Waals surface area contributed by atoms with E-state index in [0.717, 1.165) is 63.4 Å². The summed E-state index contributed by atoms with van der Waals surface area (Å²) in [6.45, 7) is 21.1. The van der Waals surface area contributed by atoms with E-state index < -0.39 is 34.4 Å². The number of methoxy groups -OCH3 is 1. The highest BCUT2D eigenvalue weighted by Gasteiger charge is 2.65. The molecule has 12 rings (SSSR count). The number of halogens is 3. The van der Waals surface area contributed by atoms with E-state index in [-0.39, 0.29) is 27.9 Å². The van der Waals surface area contributed by atoms with Crippen LogP contribution in [0.15, 0.2) is 179 Å². The highest BCUT2D eigenvalue weighted by molar-refractivity contribution is 5.75. The second-order valence-electron chi connectivity index (χ2n) is 24.8. The predicted molar refractivity (Wildman–Crippen MR) is 309 cm³/mol. The van der Waals surface area contributed by atoms with Crippen LogP contribution >= 0.6 is 0 Å². The lowest BCUT2D eigenvalue weighted by atomic mass is 9.48. The quantitative estimate of drug-likeness (QED) is 0.0968. The van der Waals surface area contributed by atoms with Crippen molar-refractivity contribution < 1.29 is 27.4 Å². The third-order valence-electron chi connectivity index (χ3n) is 18.1. The van der Waals surface area contributed by atoms with E-state index in [1.165, 1.54) is 79.6 Å². The molecule has 4 fully saturated rings. The fourth-order valence-electron chi connectivity index (χ4n) is 15.0. The van der Waals surface area contributed by atoms with E-state index >= 15 is 13.2 Å². The van der Waals surface area contributed by atoms with E-state index in [1.54, 1.807) is 31.4 Å². The summed E-state index contributed by atoms with van der Waals surface area (Å²) in [7, 11) is 1.68. The summed E-state index contributed by atoms with van der Waals surface area (Å²) in [5, 5.41) is 20.7. The number of hydrogen-bond donors (Lipinski definition) is 0. The van der Waals surface area contributed by atoms with Gasteiger partial charge in [-0.15, -0.1) is 0 Å². The van der Waals surface area contributed by atoms with Gasteiger partial charge in [-0.2, -0.15) is 18.4 Å². The van der Waals surface area contributed by atoms with Crippen molar-refractivity contribution in [2.75, 3.05) is 12.0 Å². The van der Waals surface area contributed by atoms with Crippen LogP contribution in [-0.2, 0) is 15.8 Å². The third-order valence-corrected chi connectivity index (χ3v) is 18.1. The van der Waals surface area contributed by atoms with Crippen molar-refractivity contribution in [3.05, 3.63) is 218 Å². The van der Waals surface area contributed by atoms with E-state index in [1.807, 2.05) is 48.5 Å². The molecule has 2 heterocycles. The Morgan fingerprint density at radius 1 is 0.775 bits per heavy atom. The molecule has 10 heteroatoms. The molecule has 0 spiro atoms. The van der Waals surface area contributed by atoms with Gasteiger partial charge in [-0.1, -0.05) is 118 Å². The van der Waals surface area contributed by atoms with Crippen LogP contribution in [0, 0.1) is 59.3 Å². The van der Waals surface area contributed by atoms with Crippen molar-refractivity contribution in [3.63, 3.8) is 0 Å². The summed E-state index contributed by atoms with van der Waals surface area (Å²) < 4.78 is 67.0. The number of allylic oxidation sites excluding steroid dienone is 7. The number of anilines is 2. The monoisotopic (exact) mass is 1070 g/mol. The maximum absolute atomic E-state index is 16.2. The molecule has 0 radical (unpaired) electrons. The summed E-state index contributed by atoms with van der Waals surface area (Å²) in [4.78, 5) is 5.65. The molecule has 7 nitrogen and oxygen atoms in total. The molecule has 2 unspecified atom stereocenters. The molecule has 0 aromatic heterocycles. The molecule has 406 valence electrons. The molecule has 5 aliphatic carbocycles. The minimum atomic E-state index is -5.15. The average Bonchev–Trinajstić information content (AvgIpc) is 3.96. The zero-order chi connectivity index (χ0) is 56.4. The fraction of sp³-hybridized carbons (Fsp3) is 0.357. The van der Waals surface area contributed by atoms with Crippen molar-refractivity contribution >= 4 is 17.5 Å². The SMILES string of the molecule is [C-]#[N+]/C(C#N)=C1\OC(c2ccc(-c3ccccc3)cc2)(C(F)(F)F)C(/C=C/C=C2\CC(C)(C)CC(/C=C/c3cc4c(cc3C)N(c3ccc(OC)cc3)C(C)(C)CC4C)=C2Oc2ccc(C34CC5CC(CC(C5)C3)C4)cc2)=C1C#N. The summed E-state index contributed by atoms with van der Waals surface area (Å²) in [6, 6.07) is 40.2. The van der Waals surface area contributed by atoms with Gasteiger partial charge in [0.2, 0.25) is 0 Å². The largest absolute Gasteiger partial charge is 0.497 e. The highest BCUT2D eigenvalue weighted by Crippen LogP contribution is 2.61. The number of benzene rings is 5. The van der Waals surface area contributed by atoms with E-state index in [4.69, 9.17) is 20.8 Å². The summed E-state index contributed by atoms with van der Waals surface area (Å²) in [5.74, 6) is 4.04. The van der Waals surface area contributed by atoms with Crippen molar-refractivity contribution in [2.45, 2.75) is 128 Å². The van der Waals surface area contributed by atoms with Crippen molar-refractivity contribution in [2.24, 2.45) is 23.2 Å². The summed E-state index contributed by atoms with van der Waals surface area (Å²) in [6.07, 6.45) is 13.6. The van der Waals surface area contributed by atoms with Crippen LogP contribution in [0.1, 0.15) is 126 Å². The van der Waals surface area contributed by atoms with Crippen molar-refractivity contribution in [1.82, 2.24) is 0 Å². The number of rotatable bonds is 11. The number of fused-ring (bicyclic) bond motifs is 1. The first-order chi connectivity index (χ1) is 38.3. The molecular weight excluding hydrogens is 1000 g/mol. The molecule has 2 atom stereocenters. The van der Waals surface area contributed by atoms with Crippen LogP contribution in [-0.4, -0.2) is 18.8 Å². The number of nitriles is 2. The second-order valence-corrected chi connectivity index (χ2v) is 24.8. The lowest BCUT2D eigenvalue weighted by Crippen LogP contribution is -2.48. The number of alkyl halides is 3. The van der Waals surface area contributed by atoms with E-state index in [2.05, 4.69) is 112 Å². The minimum Gasteiger partial charge on any atom is -0.497 e. The zero-order valence-electron chi connectivity index (χ0n) is 46.7. The lowest BCUT2D eigenvalue weighted by molar-refractivity contribution is -0.249. The van der Waals surface area contributed by atoms with Crippen LogP contribution in [0.4, 0.5) is 24.5 Å². The van der Waals surface area contributed by atoms with Crippen LogP contribution in [0.5, 0.6) is 11.5 Å². The Morgan fingerprint density at radius 2 is 1.40 bits per heavy atom. The molecule has 4 saturated carbocycles. The van der Waals surface area contributed by atoms with Gasteiger partial charge in [-0.3, -0.25) is 0 Å². The minimum absolute atomic E-state index is 0.156. The van der Waals surface area contributed by atoms with Crippen molar-refractivity contribution in [1.29, 1.82) is 10.5 Å². The van der Waals surface area contributed by atoms with Crippen LogP contribution in [0.3, 0.4) is 0 Å². The van der Waals surface area contributed by atoms with E-state index in [0.29, 0.717) is 29.9 Å². The van der Waals surface area contributed by atoms with Crippen LogP contribution in [0.2, 0.25) is 0 Å². The van der Waals surface area contributed by atoms with Crippen LogP contribution < -0.4 is 14.4 Å². The van der Waals surface area contributed by atoms with Gasteiger partial charge in [0.1, 0.15) is 23.3 Å². The molecule has 5 aromatic carbocycles. The number of nitrogens with zero attached hydrogens (tertiary/aromatic N) is 4. The molecule has 7 aliphatic rings. The Balaban J connectivity index is 1.02. The first-order valence-corrected chi connectivity index (χ1v) is 28.0. The number of aryl methyl sites for hydroxylation is 1. The predicted octanol–water partition coefficient (Wildman–Crippen LogP) is 18.2. The maximum Gasteiger partial charge on any atom is 0.437 e. The van der Waals surface area contributed by atoms with Gasteiger partial charge in [0.15, 0.2) is 5.76 Å². The van der Waals surface area contributed by atoms with Gasteiger partial charge in [0.25, 0.3) is 5.60 Å². The molecule has 2 aliphatic heterocycles. The van der Waals surface area contributed by atoms with Gasteiger partial charge in [-0.05, 0) is 206 Å². The Labute approximate surface area is 469 Å². The topological polar surface area (TPSA) is 82.9 Å². The van der Waals surface area contributed by atoms with Crippen LogP contribution in [0.25, 0.3) is 22.0 Å². The molecule has 4 bridgehead atoms. The molecule has 0 saturated heterocycles. The Bertz CT molecular complexity index is 3520. The Morgan fingerprint density at radius 3 is 2.00 bits per heavy atom. The fourth-order valence-corrected chi connectivity index (χ4v) is 15.0. The van der Waals surface area contributed by atoms with Gasteiger partial charge < -0.3 is 19.1 Å². The Kier molecular flexibility index (Phi) is 13.9. The second kappa shape index (κ2) is 20.6. The molecule has 5 aromatic rings. The lowest BCUT2D eigenvalue weighted by Gasteiger charge is -2.57. The molecule has 0 amide bonds. The molecule has 80 heavy (non-hydrogen) atoms. The van der Waals surface area contributed by atoms with Gasteiger partial charge in [0.05, 0.1) is 25.3 Å². The van der Waals surface area contributed by atoms with Gasteiger partial charge >= 0.3 is 11.9 Å². The first kappa shape index (κ1) is 54.0. The molecular formula is C70H67F3N4O3. The summed E-state index contributed by atoms with van der Waals surface area (Å²) >= 11 is 0. The number of hydrogen-bond acceptors (Lipinski definition) is 6. The average molecular weight is 1070 g/mol. The highest BCUT2D eigenvalue weighted by atomic mass is 19.4. The first-order valence-electron chi connectivity index (χ1n) is 28.0. The Hall–Kier alpha value is -8.00. The zero-order valence-corrected chi connectivity index (χ0v) is 46.7. The third kappa shape index (κ3) is 9.74. The normalized spacial score (nSPS) is 26.7. The maximum atomic E-state index is 16.2. The number of ether oxygens (including phenoxy) is 3. The smallest absolute Gasteiger partial charge is 0.437 e. The van der Waals surface area contributed by atoms with Gasteiger partial charge in [-0.25, -0.2) is 10.1 Å². The van der Waals surface area contributed by atoms with Crippen molar-refractivity contribution in [3.8, 4) is 34.8 Å². The summed E-state index contributed by atoms with van der Waals surface area (Å²) in [5.41, 5.74) is 4.61. The van der Waals surface area contributed by atoms with E-state index in [9.17, 15) is 10.5 Å². The van der Waals surface area contributed by atoms with Gasteiger partial charge in [0, 0.05) is 28.1 Å². The molecule has 0 N–H and O–H groups in total.